The van der Waals surface area contributed by atoms with Crippen molar-refractivity contribution in [2.45, 2.75) is 0 Å². The van der Waals surface area contributed by atoms with Crippen molar-refractivity contribution in [2.24, 2.45) is 0 Å². The number of hydrogen-bond donors (Lipinski definition) is 2. The third-order valence-electron chi connectivity index (χ3n) is 1.59. The van der Waals surface area contributed by atoms with Gasteiger partial charge in [0, 0.05) is 23.0 Å². The molecule has 0 spiro atoms. The van der Waals surface area contributed by atoms with Crippen LogP contribution in [0.5, 0.6) is 0 Å². The molecule has 0 heterocycles. The molecule has 0 aliphatic heterocycles. The number of hydrogen-bond acceptors (Lipinski definition) is 6. The number of ether oxygens (including phenoxy) is 2. The second-order valence-corrected chi connectivity index (χ2v) is 5.35. The van der Waals surface area contributed by atoms with E-state index < -0.39 is 0 Å². The minimum Gasteiger partial charge on any atom is -0.396 e. The van der Waals surface area contributed by atoms with Gasteiger partial charge in [0.15, 0.2) is 0 Å². The molecule has 0 aromatic heterocycles. The third kappa shape index (κ3) is 14.5. The molecule has 0 unspecified atom stereocenters. The minimum atomic E-state index is 0.0708. The van der Waals surface area contributed by atoms with Gasteiger partial charge in [-0.2, -0.15) is 23.5 Å². The van der Waals surface area contributed by atoms with E-state index in [-0.39, 0.29) is 13.2 Å². The molecule has 0 bridgehead atoms. The lowest BCUT2D eigenvalue weighted by molar-refractivity contribution is 0.0377. The summed E-state index contributed by atoms with van der Waals surface area (Å²) in [5, 5.41) is 17.0. The second kappa shape index (κ2) is 15.5. The summed E-state index contributed by atoms with van der Waals surface area (Å²) < 4.78 is 10.4. The van der Waals surface area contributed by atoms with Gasteiger partial charge in [0.1, 0.15) is 0 Å². The maximum Gasteiger partial charge on any atom is 0.0701 e. The van der Waals surface area contributed by atoms with Crippen LogP contribution >= 0.6 is 23.5 Å². The quantitative estimate of drug-likeness (QED) is 0.475. The van der Waals surface area contributed by atoms with Gasteiger partial charge in [-0.15, -0.1) is 0 Å². The average Bonchev–Trinajstić information content (AvgIpc) is 2.31. The molecule has 0 atom stereocenters. The molecule has 0 rings (SSSR count). The molecule has 98 valence electrons. The highest BCUT2D eigenvalue weighted by Crippen LogP contribution is 2.06. The number of thioether (sulfide) groups is 2. The van der Waals surface area contributed by atoms with Crippen molar-refractivity contribution in [3.8, 4) is 0 Å². The van der Waals surface area contributed by atoms with Crippen LogP contribution < -0.4 is 0 Å². The smallest absolute Gasteiger partial charge is 0.0701 e. The van der Waals surface area contributed by atoms with Gasteiger partial charge in [-0.05, 0) is 0 Å². The minimum absolute atomic E-state index is 0.0708. The fourth-order valence-corrected chi connectivity index (χ4v) is 2.61. The molecular formula is C10H22O4S2. The summed E-state index contributed by atoms with van der Waals surface area (Å²) in [6.07, 6.45) is 0. The van der Waals surface area contributed by atoms with Gasteiger partial charge in [0.25, 0.3) is 0 Å². The van der Waals surface area contributed by atoms with Gasteiger partial charge in [-0.25, -0.2) is 0 Å². The van der Waals surface area contributed by atoms with Crippen LogP contribution in [0.15, 0.2) is 0 Å². The summed E-state index contributed by atoms with van der Waals surface area (Å²) in [5.74, 6) is 4.03. The molecule has 0 saturated carbocycles. The van der Waals surface area contributed by atoms with Gasteiger partial charge in [0.05, 0.1) is 39.6 Å². The van der Waals surface area contributed by atoms with E-state index in [0.717, 1.165) is 29.6 Å². The van der Waals surface area contributed by atoms with Crippen molar-refractivity contribution in [2.75, 3.05) is 62.7 Å². The van der Waals surface area contributed by atoms with Gasteiger partial charge >= 0.3 is 0 Å². The first-order valence-corrected chi connectivity index (χ1v) is 7.75. The van der Waals surface area contributed by atoms with E-state index in [2.05, 4.69) is 0 Å². The van der Waals surface area contributed by atoms with Gasteiger partial charge in [0.2, 0.25) is 0 Å². The Bertz CT molecular complexity index is 113. The monoisotopic (exact) mass is 270 g/mol. The molecule has 0 amide bonds. The van der Waals surface area contributed by atoms with Gasteiger partial charge < -0.3 is 19.7 Å². The molecule has 0 fully saturated rings. The Labute approximate surface area is 106 Å². The van der Waals surface area contributed by atoms with Crippen LogP contribution in [-0.2, 0) is 9.47 Å². The number of aliphatic hydroxyl groups excluding tert-OH is 2. The molecule has 16 heavy (non-hydrogen) atoms. The van der Waals surface area contributed by atoms with E-state index in [1.54, 1.807) is 11.8 Å². The van der Waals surface area contributed by atoms with Crippen LogP contribution in [0.2, 0.25) is 0 Å². The Hall–Kier alpha value is 0.540. The standard InChI is InChI=1S/C10H22O4S2/c11-1-3-13-4-5-14-6-8-16-10-9-15-7-2-12/h11-12H,1-10H2. The molecule has 0 aromatic carbocycles. The predicted molar refractivity (Wildman–Crippen MR) is 70.5 cm³/mol. The molecule has 0 aliphatic rings. The Morgan fingerprint density at radius 2 is 1.25 bits per heavy atom. The molecule has 6 heteroatoms. The molecular weight excluding hydrogens is 248 g/mol. The van der Waals surface area contributed by atoms with Crippen molar-refractivity contribution < 1.29 is 19.7 Å². The zero-order valence-electron chi connectivity index (χ0n) is 9.60. The third-order valence-corrected chi connectivity index (χ3v) is 3.76. The maximum absolute atomic E-state index is 8.55. The maximum atomic E-state index is 8.55. The predicted octanol–water partition coefficient (Wildman–Crippen LogP) is 0.471. The van der Waals surface area contributed by atoms with Crippen molar-refractivity contribution in [3.63, 3.8) is 0 Å². The van der Waals surface area contributed by atoms with Crippen LogP contribution in [0, 0.1) is 0 Å². The number of rotatable bonds is 13. The SMILES string of the molecule is OCCOCCOCCSCCSCCO. The van der Waals surface area contributed by atoms with E-state index in [9.17, 15) is 0 Å². The van der Waals surface area contributed by atoms with Crippen LogP contribution in [0.25, 0.3) is 0 Å². The van der Waals surface area contributed by atoms with Crippen molar-refractivity contribution >= 4 is 23.5 Å². The summed E-state index contributed by atoms with van der Waals surface area (Å²) in [7, 11) is 0. The molecule has 4 nitrogen and oxygen atoms in total. The normalized spacial score (nSPS) is 10.9. The van der Waals surface area contributed by atoms with Gasteiger partial charge in [-0.1, -0.05) is 0 Å². The van der Waals surface area contributed by atoms with Crippen LogP contribution in [0.3, 0.4) is 0 Å². The fourth-order valence-electron chi connectivity index (χ4n) is 0.891. The van der Waals surface area contributed by atoms with E-state index in [1.807, 2.05) is 11.8 Å². The van der Waals surface area contributed by atoms with Crippen molar-refractivity contribution in [1.82, 2.24) is 0 Å². The first kappa shape index (κ1) is 16.5. The molecule has 0 saturated heterocycles. The fraction of sp³-hybridized carbons (Fsp3) is 1.00. The van der Waals surface area contributed by atoms with Crippen molar-refractivity contribution in [1.29, 1.82) is 0 Å². The van der Waals surface area contributed by atoms with Crippen LogP contribution in [0.1, 0.15) is 0 Å². The summed E-state index contributed by atoms with van der Waals surface area (Å²) in [6.45, 7) is 2.63. The lowest BCUT2D eigenvalue weighted by atomic mass is 10.7. The van der Waals surface area contributed by atoms with E-state index in [0.29, 0.717) is 19.8 Å². The summed E-state index contributed by atoms with van der Waals surface area (Å²) in [6, 6.07) is 0. The largest absolute Gasteiger partial charge is 0.396 e. The first-order valence-electron chi connectivity index (χ1n) is 5.44. The highest BCUT2D eigenvalue weighted by Gasteiger charge is 1.92. The first-order chi connectivity index (χ1) is 7.91. The van der Waals surface area contributed by atoms with Crippen LogP contribution in [0.4, 0.5) is 0 Å². The second-order valence-electron chi connectivity index (χ2n) is 2.90. The van der Waals surface area contributed by atoms with Crippen LogP contribution in [-0.4, -0.2) is 72.9 Å². The Morgan fingerprint density at radius 3 is 1.88 bits per heavy atom. The highest BCUT2D eigenvalue weighted by molar-refractivity contribution is 8.02. The molecule has 0 aliphatic carbocycles. The average molecular weight is 270 g/mol. The van der Waals surface area contributed by atoms with E-state index in [4.69, 9.17) is 19.7 Å². The molecule has 2 N–H and O–H groups in total. The lowest BCUT2D eigenvalue weighted by Gasteiger charge is -2.04. The zero-order chi connectivity index (χ0) is 11.9. The summed E-state index contributed by atoms with van der Waals surface area (Å²) in [4.78, 5) is 0. The molecule has 0 aromatic rings. The summed E-state index contributed by atoms with van der Waals surface area (Å²) in [5.41, 5.74) is 0. The zero-order valence-corrected chi connectivity index (χ0v) is 11.2. The Morgan fingerprint density at radius 1 is 0.625 bits per heavy atom. The number of aliphatic hydroxyl groups is 2. The highest BCUT2D eigenvalue weighted by atomic mass is 32.2. The molecule has 0 radical (unpaired) electrons. The lowest BCUT2D eigenvalue weighted by Crippen LogP contribution is -2.08. The van der Waals surface area contributed by atoms with Crippen molar-refractivity contribution in [3.05, 3.63) is 0 Å². The topological polar surface area (TPSA) is 58.9 Å². The van der Waals surface area contributed by atoms with E-state index in [1.165, 1.54) is 0 Å². The Kier molecular flexibility index (Phi) is 16.1. The Balaban J connectivity index is 2.83. The summed E-state index contributed by atoms with van der Waals surface area (Å²) >= 11 is 3.64. The van der Waals surface area contributed by atoms with E-state index >= 15 is 0 Å². The van der Waals surface area contributed by atoms with Gasteiger partial charge in [-0.3, -0.25) is 0 Å².